The minimum absolute atomic E-state index is 0.0293. The van der Waals surface area contributed by atoms with Crippen LogP contribution in [0.4, 0.5) is 0 Å². The standard InChI is InChI=1S/C24H21N3OS/c1-17(26-16-25-2)12-27-13-22(23(14-27)24(28)19-10-11-29-15-19)21-9-5-7-18-6-3-4-8-20(18)21/h3-11,13-16H,1,12H2,2H3,(H,25,26). The van der Waals surface area contributed by atoms with Crippen LogP contribution in [0, 0.1) is 0 Å². The van der Waals surface area contributed by atoms with Gasteiger partial charge in [0.2, 0.25) is 0 Å². The molecule has 0 radical (unpaired) electrons. The number of nitrogens with zero attached hydrogens (tertiary/aromatic N) is 2. The fourth-order valence-electron chi connectivity index (χ4n) is 3.43. The van der Waals surface area contributed by atoms with Crippen molar-refractivity contribution >= 4 is 34.2 Å². The highest BCUT2D eigenvalue weighted by atomic mass is 32.1. The van der Waals surface area contributed by atoms with Crippen molar-refractivity contribution in [1.82, 2.24) is 9.88 Å². The first-order chi connectivity index (χ1) is 14.2. The average Bonchev–Trinajstić information content (AvgIpc) is 3.42. The molecule has 4 aromatic rings. The van der Waals surface area contributed by atoms with Crippen LogP contribution in [-0.4, -0.2) is 23.7 Å². The Bertz CT molecular complexity index is 1200. The van der Waals surface area contributed by atoms with Crippen LogP contribution < -0.4 is 5.32 Å². The summed E-state index contributed by atoms with van der Waals surface area (Å²) >= 11 is 1.53. The summed E-state index contributed by atoms with van der Waals surface area (Å²) in [6, 6.07) is 16.3. The van der Waals surface area contributed by atoms with E-state index in [0.717, 1.165) is 27.6 Å². The zero-order valence-electron chi connectivity index (χ0n) is 16.1. The number of ketones is 1. The molecule has 0 aliphatic heterocycles. The first-order valence-electron chi connectivity index (χ1n) is 9.27. The lowest BCUT2D eigenvalue weighted by Gasteiger charge is -2.07. The van der Waals surface area contributed by atoms with Gasteiger partial charge in [0, 0.05) is 47.2 Å². The molecule has 0 unspecified atom stereocenters. The van der Waals surface area contributed by atoms with Crippen molar-refractivity contribution in [1.29, 1.82) is 0 Å². The monoisotopic (exact) mass is 399 g/mol. The zero-order chi connectivity index (χ0) is 20.2. The van der Waals surface area contributed by atoms with Crippen LogP contribution in [-0.2, 0) is 6.54 Å². The predicted octanol–water partition coefficient (Wildman–Crippen LogP) is 5.36. The molecule has 4 nitrogen and oxygen atoms in total. The van der Waals surface area contributed by atoms with Gasteiger partial charge in [-0.25, -0.2) is 0 Å². The summed E-state index contributed by atoms with van der Waals surface area (Å²) in [5, 5.41) is 9.14. The van der Waals surface area contributed by atoms with E-state index < -0.39 is 0 Å². The molecular weight excluding hydrogens is 378 g/mol. The third-order valence-electron chi connectivity index (χ3n) is 4.76. The van der Waals surface area contributed by atoms with E-state index in [1.807, 2.05) is 52.0 Å². The van der Waals surface area contributed by atoms with Crippen LogP contribution >= 0.6 is 11.3 Å². The van der Waals surface area contributed by atoms with Gasteiger partial charge in [0.15, 0.2) is 5.78 Å². The molecule has 4 rings (SSSR count). The van der Waals surface area contributed by atoms with Crippen LogP contribution in [0.25, 0.3) is 21.9 Å². The van der Waals surface area contributed by atoms with Gasteiger partial charge in [0.25, 0.3) is 0 Å². The SMILES string of the molecule is C=C(Cn1cc(C(=O)c2ccsc2)c(-c2cccc3ccccc23)c1)NC=NC. The van der Waals surface area contributed by atoms with E-state index in [4.69, 9.17) is 0 Å². The molecule has 2 aromatic carbocycles. The van der Waals surface area contributed by atoms with Crippen molar-refractivity contribution in [3.8, 4) is 11.1 Å². The molecule has 2 heterocycles. The first kappa shape index (κ1) is 18.9. The number of nitrogens with one attached hydrogen (secondary N) is 1. The second-order valence-electron chi connectivity index (χ2n) is 6.76. The van der Waals surface area contributed by atoms with Crippen molar-refractivity contribution in [2.75, 3.05) is 7.05 Å². The maximum absolute atomic E-state index is 13.2. The second-order valence-corrected chi connectivity index (χ2v) is 7.54. The summed E-state index contributed by atoms with van der Waals surface area (Å²) in [7, 11) is 1.70. The van der Waals surface area contributed by atoms with Gasteiger partial charge in [-0.3, -0.25) is 9.79 Å². The van der Waals surface area contributed by atoms with Crippen LogP contribution in [0.1, 0.15) is 15.9 Å². The number of fused-ring (bicyclic) bond motifs is 1. The second kappa shape index (κ2) is 8.29. The van der Waals surface area contributed by atoms with E-state index >= 15 is 0 Å². The molecule has 0 bridgehead atoms. The Morgan fingerprint density at radius 3 is 2.76 bits per heavy atom. The summed E-state index contributed by atoms with van der Waals surface area (Å²) in [6.07, 6.45) is 5.54. The van der Waals surface area contributed by atoms with E-state index in [2.05, 4.69) is 41.2 Å². The van der Waals surface area contributed by atoms with Gasteiger partial charge in [-0.2, -0.15) is 11.3 Å². The topological polar surface area (TPSA) is 46.4 Å². The van der Waals surface area contributed by atoms with E-state index in [-0.39, 0.29) is 5.78 Å². The number of carbonyl (C=O) groups is 1. The number of aliphatic imine (C=N–C) groups is 1. The maximum Gasteiger partial charge on any atom is 0.196 e. The quantitative estimate of drug-likeness (QED) is 0.258. The van der Waals surface area contributed by atoms with Gasteiger partial charge in [0.1, 0.15) is 0 Å². The molecule has 1 N–H and O–H groups in total. The molecule has 0 amide bonds. The molecule has 0 fully saturated rings. The number of carbonyl (C=O) groups excluding carboxylic acids is 1. The highest BCUT2D eigenvalue weighted by molar-refractivity contribution is 7.08. The number of rotatable bonds is 7. The van der Waals surface area contributed by atoms with E-state index in [9.17, 15) is 4.79 Å². The van der Waals surface area contributed by atoms with E-state index in [0.29, 0.717) is 17.7 Å². The number of aromatic nitrogens is 1. The molecular formula is C24H21N3OS. The lowest BCUT2D eigenvalue weighted by molar-refractivity contribution is 0.103. The largest absolute Gasteiger partial charge is 0.349 e. The van der Waals surface area contributed by atoms with Crippen LogP contribution in [0.5, 0.6) is 0 Å². The number of hydrogen-bond acceptors (Lipinski definition) is 3. The summed E-state index contributed by atoms with van der Waals surface area (Å²) in [5.41, 5.74) is 4.18. The first-order valence-corrected chi connectivity index (χ1v) is 10.2. The Morgan fingerprint density at radius 2 is 1.97 bits per heavy atom. The maximum atomic E-state index is 13.2. The summed E-state index contributed by atoms with van der Waals surface area (Å²) in [4.78, 5) is 17.2. The van der Waals surface area contributed by atoms with Gasteiger partial charge in [-0.1, -0.05) is 49.0 Å². The minimum Gasteiger partial charge on any atom is -0.349 e. The molecule has 5 heteroatoms. The van der Waals surface area contributed by atoms with Gasteiger partial charge in [0.05, 0.1) is 12.9 Å². The smallest absolute Gasteiger partial charge is 0.196 e. The third kappa shape index (κ3) is 3.91. The normalized spacial score (nSPS) is 11.2. The van der Waals surface area contributed by atoms with Crippen molar-refractivity contribution in [3.63, 3.8) is 0 Å². The molecule has 0 saturated heterocycles. The van der Waals surface area contributed by atoms with Gasteiger partial charge in [-0.15, -0.1) is 0 Å². The van der Waals surface area contributed by atoms with Gasteiger partial charge in [-0.05, 0) is 27.8 Å². The number of thiophene rings is 1. The Labute approximate surface area is 173 Å². The summed E-state index contributed by atoms with van der Waals surface area (Å²) < 4.78 is 2.00. The predicted molar refractivity (Wildman–Crippen MR) is 122 cm³/mol. The van der Waals surface area contributed by atoms with Gasteiger partial charge >= 0.3 is 0 Å². The molecule has 0 aliphatic carbocycles. The Balaban J connectivity index is 1.82. The Kier molecular flexibility index (Phi) is 5.40. The highest BCUT2D eigenvalue weighted by Crippen LogP contribution is 2.33. The van der Waals surface area contributed by atoms with Crippen LogP contribution in [0.15, 0.2) is 89.0 Å². The van der Waals surface area contributed by atoms with Crippen molar-refractivity contribution in [2.45, 2.75) is 6.54 Å². The average molecular weight is 400 g/mol. The molecule has 0 atom stereocenters. The number of allylic oxidation sites excluding steroid dienone is 1. The summed E-state index contributed by atoms with van der Waals surface area (Å²) in [6.45, 7) is 4.58. The lowest BCUT2D eigenvalue weighted by Crippen LogP contribution is -2.14. The van der Waals surface area contributed by atoms with Crippen molar-refractivity contribution in [2.24, 2.45) is 4.99 Å². The molecule has 0 spiro atoms. The highest BCUT2D eigenvalue weighted by Gasteiger charge is 2.19. The third-order valence-corrected chi connectivity index (χ3v) is 5.44. The Hall–Kier alpha value is -3.44. The summed E-state index contributed by atoms with van der Waals surface area (Å²) in [5.74, 6) is 0.0293. The van der Waals surface area contributed by atoms with Crippen LogP contribution in [0.2, 0.25) is 0 Å². The lowest BCUT2D eigenvalue weighted by atomic mass is 9.95. The molecule has 2 aromatic heterocycles. The van der Waals surface area contributed by atoms with E-state index in [1.165, 1.54) is 11.3 Å². The zero-order valence-corrected chi connectivity index (χ0v) is 16.9. The van der Waals surface area contributed by atoms with Crippen molar-refractivity contribution < 1.29 is 4.79 Å². The van der Waals surface area contributed by atoms with Crippen LogP contribution in [0.3, 0.4) is 0 Å². The molecule has 144 valence electrons. The minimum atomic E-state index is 0.0293. The Morgan fingerprint density at radius 1 is 1.14 bits per heavy atom. The number of benzene rings is 2. The molecule has 0 saturated carbocycles. The van der Waals surface area contributed by atoms with Crippen molar-refractivity contribution in [3.05, 3.63) is 95.1 Å². The number of hydrogen-bond donors (Lipinski definition) is 1. The van der Waals surface area contributed by atoms with Gasteiger partial charge < -0.3 is 9.88 Å². The fourth-order valence-corrected chi connectivity index (χ4v) is 4.06. The molecule has 29 heavy (non-hydrogen) atoms. The van der Waals surface area contributed by atoms with E-state index in [1.54, 1.807) is 13.4 Å². The molecule has 0 aliphatic rings. The fraction of sp³-hybridized carbons (Fsp3) is 0.0833.